The first-order chi connectivity index (χ1) is 9.72. The van der Waals surface area contributed by atoms with Crippen molar-refractivity contribution < 1.29 is 9.32 Å². The van der Waals surface area contributed by atoms with Crippen LogP contribution in [0.1, 0.15) is 35.7 Å². The molecule has 2 aromatic rings. The number of anilines is 1. The van der Waals surface area contributed by atoms with E-state index in [0.717, 1.165) is 17.0 Å². The highest BCUT2D eigenvalue weighted by atomic mass is 16.5. The van der Waals surface area contributed by atoms with Gasteiger partial charge in [-0.1, -0.05) is 5.16 Å². The topological polar surface area (TPSA) is 92.9 Å². The highest BCUT2D eigenvalue weighted by molar-refractivity contribution is 5.88. The van der Waals surface area contributed by atoms with E-state index >= 15 is 0 Å². The third-order valence-electron chi connectivity index (χ3n) is 3.21. The van der Waals surface area contributed by atoms with E-state index in [9.17, 15) is 4.79 Å². The summed E-state index contributed by atoms with van der Waals surface area (Å²) in [6.07, 6.45) is 3.87. The average molecular weight is 273 g/mol. The van der Waals surface area contributed by atoms with E-state index < -0.39 is 0 Å². The molecule has 3 rings (SSSR count). The zero-order valence-corrected chi connectivity index (χ0v) is 11.1. The van der Waals surface area contributed by atoms with Crippen molar-refractivity contribution in [3.8, 4) is 0 Å². The molecule has 0 spiro atoms. The molecule has 2 amide bonds. The Morgan fingerprint density at radius 1 is 1.40 bits per heavy atom. The SMILES string of the molecule is Cc1nocc1CNC(=O)Nc1ccc(C2CC2)nn1. The van der Waals surface area contributed by atoms with Gasteiger partial charge in [-0.05, 0) is 31.9 Å². The van der Waals surface area contributed by atoms with Gasteiger partial charge in [0.15, 0.2) is 5.82 Å². The van der Waals surface area contributed by atoms with Crippen LogP contribution in [0, 0.1) is 6.92 Å². The van der Waals surface area contributed by atoms with E-state index in [1.807, 2.05) is 13.0 Å². The Morgan fingerprint density at radius 2 is 2.25 bits per heavy atom. The molecule has 0 radical (unpaired) electrons. The maximum atomic E-state index is 11.7. The molecule has 0 bridgehead atoms. The summed E-state index contributed by atoms with van der Waals surface area (Å²) in [6.45, 7) is 2.18. The monoisotopic (exact) mass is 273 g/mol. The van der Waals surface area contributed by atoms with Gasteiger partial charge in [0, 0.05) is 18.0 Å². The summed E-state index contributed by atoms with van der Waals surface area (Å²) in [6, 6.07) is 3.34. The molecule has 1 aliphatic carbocycles. The molecule has 2 aromatic heterocycles. The van der Waals surface area contributed by atoms with Crippen molar-refractivity contribution >= 4 is 11.8 Å². The molecule has 20 heavy (non-hydrogen) atoms. The summed E-state index contributed by atoms with van der Waals surface area (Å²) in [5, 5.41) is 17.2. The number of hydrogen-bond donors (Lipinski definition) is 2. The van der Waals surface area contributed by atoms with Crippen molar-refractivity contribution in [2.75, 3.05) is 5.32 Å². The van der Waals surface area contributed by atoms with Crippen LogP contribution in [-0.2, 0) is 6.54 Å². The normalized spacial score (nSPS) is 14.1. The van der Waals surface area contributed by atoms with Crippen LogP contribution in [0.2, 0.25) is 0 Å². The molecule has 0 aromatic carbocycles. The van der Waals surface area contributed by atoms with E-state index in [1.165, 1.54) is 19.1 Å². The minimum Gasteiger partial charge on any atom is -0.364 e. The third kappa shape index (κ3) is 2.93. The second kappa shape index (κ2) is 5.28. The highest BCUT2D eigenvalue weighted by Crippen LogP contribution is 2.38. The second-order valence-corrected chi connectivity index (χ2v) is 4.85. The fourth-order valence-electron chi connectivity index (χ4n) is 1.82. The minimum atomic E-state index is -0.334. The van der Waals surface area contributed by atoms with Crippen LogP contribution in [0.4, 0.5) is 10.6 Å². The molecule has 0 atom stereocenters. The molecule has 104 valence electrons. The molecule has 7 heteroatoms. The quantitative estimate of drug-likeness (QED) is 0.888. The van der Waals surface area contributed by atoms with Gasteiger partial charge in [-0.25, -0.2) is 4.79 Å². The van der Waals surface area contributed by atoms with Crippen molar-refractivity contribution in [2.24, 2.45) is 0 Å². The molecule has 2 N–H and O–H groups in total. The lowest BCUT2D eigenvalue weighted by molar-refractivity contribution is 0.251. The summed E-state index contributed by atoms with van der Waals surface area (Å²) in [5.74, 6) is 0.996. The Labute approximate surface area is 115 Å². The summed E-state index contributed by atoms with van der Waals surface area (Å²) >= 11 is 0. The van der Waals surface area contributed by atoms with Gasteiger partial charge in [0.2, 0.25) is 0 Å². The molecule has 0 unspecified atom stereocenters. The van der Waals surface area contributed by atoms with Gasteiger partial charge in [-0.15, -0.1) is 5.10 Å². The molecular weight excluding hydrogens is 258 g/mol. The van der Waals surface area contributed by atoms with Gasteiger partial charge in [0.05, 0.1) is 11.4 Å². The van der Waals surface area contributed by atoms with Crippen LogP contribution in [0.15, 0.2) is 22.9 Å². The van der Waals surface area contributed by atoms with Crippen molar-refractivity contribution in [1.82, 2.24) is 20.7 Å². The Balaban J connectivity index is 1.51. The predicted octanol–water partition coefficient (Wildman–Crippen LogP) is 1.97. The van der Waals surface area contributed by atoms with Crippen molar-refractivity contribution in [1.29, 1.82) is 0 Å². The number of nitrogens with zero attached hydrogens (tertiary/aromatic N) is 3. The first kappa shape index (κ1) is 12.6. The van der Waals surface area contributed by atoms with Crippen molar-refractivity contribution in [3.05, 3.63) is 35.3 Å². The summed E-state index contributed by atoms with van der Waals surface area (Å²) in [7, 11) is 0. The standard InChI is InChI=1S/C13H15N5O2/c1-8-10(7-20-18-8)6-14-13(19)15-12-5-4-11(16-17-12)9-2-3-9/h4-5,7,9H,2-3,6H2,1H3,(H2,14,15,17,19). The number of rotatable bonds is 4. The number of hydrogen-bond acceptors (Lipinski definition) is 5. The number of carbonyl (C=O) groups is 1. The lowest BCUT2D eigenvalue weighted by Gasteiger charge is -2.06. The van der Waals surface area contributed by atoms with E-state index in [2.05, 4.69) is 26.0 Å². The van der Waals surface area contributed by atoms with E-state index in [-0.39, 0.29) is 6.03 Å². The van der Waals surface area contributed by atoms with E-state index in [1.54, 1.807) is 6.07 Å². The third-order valence-corrected chi connectivity index (χ3v) is 3.21. The summed E-state index contributed by atoms with van der Waals surface area (Å²) in [4.78, 5) is 11.7. The summed E-state index contributed by atoms with van der Waals surface area (Å²) in [5.41, 5.74) is 2.60. The van der Waals surface area contributed by atoms with Gasteiger partial charge >= 0.3 is 6.03 Å². The number of nitrogens with one attached hydrogen (secondary N) is 2. The highest BCUT2D eigenvalue weighted by Gasteiger charge is 2.25. The number of urea groups is 1. The molecule has 0 saturated heterocycles. The van der Waals surface area contributed by atoms with Gasteiger partial charge < -0.3 is 9.84 Å². The van der Waals surface area contributed by atoms with E-state index in [0.29, 0.717) is 18.3 Å². The lowest BCUT2D eigenvalue weighted by Crippen LogP contribution is -2.28. The molecular formula is C13H15N5O2. The minimum absolute atomic E-state index is 0.334. The average Bonchev–Trinajstić information content (AvgIpc) is 3.21. The second-order valence-electron chi connectivity index (χ2n) is 4.85. The predicted molar refractivity (Wildman–Crippen MR) is 71.1 cm³/mol. The molecule has 1 aliphatic rings. The van der Waals surface area contributed by atoms with E-state index in [4.69, 9.17) is 4.52 Å². The van der Waals surface area contributed by atoms with Crippen LogP contribution in [0.3, 0.4) is 0 Å². The van der Waals surface area contributed by atoms with Gasteiger partial charge in [-0.3, -0.25) is 5.32 Å². The fraction of sp³-hybridized carbons (Fsp3) is 0.385. The first-order valence-corrected chi connectivity index (χ1v) is 6.50. The molecule has 0 aliphatic heterocycles. The zero-order chi connectivity index (χ0) is 13.9. The number of aryl methyl sites for hydroxylation is 1. The molecule has 1 saturated carbocycles. The number of aromatic nitrogens is 3. The molecule has 7 nitrogen and oxygen atoms in total. The maximum Gasteiger partial charge on any atom is 0.320 e. The van der Waals surface area contributed by atoms with Crippen LogP contribution >= 0.6 is 0 Å². The lowest BCUT2D eigenvalue weighted by atomic mass is 10.3. The van der Waals surface area contributed by atoms with Crippen molar-refractivity contribution in [2.45, 2.75) is 32.2 Å². The molecule has 2 heterocycles. The van der Waals surface area contributed by atoms with Gasteiger partial charge in [0.25, 0.3) is 0 Å². The molecule has 1 fully saturated rings. The van der Waals surface area contributed by atoms with Crippen molar-refractivity contribution in [3.63, 3.8) is 0 Å². The van der Waals surface area contributed by atoms with Crippen LogP contribution in [0.25, 0.3) is 0 Å². The Bertz CT molecular complexity index is 603. The Kier molecular flexibility index (Phi) is 3.32. The number of amides is 2. The zero-order valence-electron chi connectivity index (χ0n) is 11.1. The Morgan fingerprint density at radius 3 is 2.85 bits per heavy atom. The fourth-order valence-corrected chi connectivity index (χ4v) is 1.82. The Hall–Kier alpha value is -2.44. The smallest absolute Gasteiger partial charge is 0.320 e. The van der Waals surface area contributed by atoms with Gasteiger partial charge in [0.1, 0.15) is 6.26 Å². The van der Waals surface area contributed by atoms with Gasteiger partial charge in [-0.2, -0.15) is 5.10 Å². The maximum absolute atomic E-state index is 11.7. The van der Waals surface area contributed by atoms with Crippen LogP contribution in [-0.4, -0.2) is 21.4 Å². The number of carbonyl (C=O) groups excluding carboxylic acids is 1. The van der Waals surface area contributed by atoms with Crippen LogP contribution < -0.4 is 10.6 Å². The van der Waals surface area contributed by atoms with Crippen LogP contribution in [0.5, 0.6) is 0 Å². The summed E-state index contributed by atoms with van der Waals surface area (Å²) < 4.78 is 4.79. The largest absolute Gasteiger partial charge is 0.364 e. The first-order valence-electron chi connectivity index (χ1n) is 6.50.